The van der Waals surface area contributed by atoms with E-state index in [-0.39, 0.29) is 0 Å². The summed E-state index contributed by atoms with van der Waals surface area (Å²) in [4.78, 5) is 0. The number of benzene rings is 2. The maximum absolute atomic E-state index is 5.78. The number of unbranched alkanes of at least 4 members (excludes halogenated alkanes) is 2. The van der Waals surface area contributed by atoms with E-state index in [1.807, 2.05) is 42.5 Å². The average molecular weight is 401 g/mol. The maximum Gasteiger partial charge on any atom is 0.140 e. The molecule has 0 N–H and O–H groups in total. The van der Waals surface area contributed by atoms with Crippen molar-refractivity contribution in [2.24, 2.45) is 0 Å². The first-order valence-electron chi connectivity index (χ1n) is 10.9. The van der Waals surface area contributed by atoms with Crippen molar-refractivity contribution in [3.8, 4) is 22.5 Å². The summed E-state index contributed by atoms with van der Waals surface area (Å²) in [5.41, 5.74) is 3.95. The average Bonchev–Trinajstić information content (AvgIpc) is 3.48. The minimum absolute atomic E-state index is 0.326. The second-order valence-electron chi connectivity index (χ2n) is 7.76. The Morgan fingerprint density at radius 1 is 0.733 bits per heavy atom. The van der Waals surface area contributed by atoms with Crippen LogP contribution < -0.4 is 0 Å². The molecule has 0 bridgehead atoms. The molecule has 1 unspecified atom stereocenters. The van der Waals surface area contributed by atoms with Crippen molar-refractivity contribution < 1.29 is 9.05 Å². The Morgan fingerprint density at radius 2 is 1.37 bits per heavy atom. The van der Waals surface area contributed by atoms with Crippen molar-refractivity contribution in [2.45, 2.75) is 51.4 Å². The predicted octanol–water partition coefficient (Wildman–Crippen LogP) is 7.29. The zero-order valence-electron chi connectivity index (χ0n) is 17.5. The van der Waals surface area contributed by atoms with E-state index in [0.717, 1.165) is 53.3 Å². The van der Waals surface area contributed by atoms with Gasteiger partial charge in [0.1, 0.15) is 22.9 Å². The van der Waals surface area contributed by atoms with Crippen LogP contribution in [0.4, 0.5) is 0 Å². The molecule has 0 aliphatic heterocycles. The van der Waals surface area contributed by atoms with Crippen LogP contribution in [0.25, 0.3) is 22.5 Å². The van der Waals surface area contributed by atoms with Crippen LogP contribution in [-0.2, 0) is 6.42 Å². The third-order valence-corrected chi connectivity index (χ3v) is 5.52. The lowest BCUT2D eigenvalue weighted by atomic mass is 9.92. The summed E-state index contributed by atoms with van der Waals surface area (Å²) in [5.74, 6) is 2.21. The maximum atomic E-state index is 5.78. The Bertz CT molecular complexity index is 1020. The minimum atomic E-state index is 0.326. The molecular weight excluding hydrogens is 372 g/mol. The van der Waals surface area contributed by atoms with Gasteiger partial charge in [-0.2, -0.15) is 0 Å². The molecule has 0 saturated heterocycles. The van der Waals surface area contributed by atoms with Gasteiger partial charge in [0, 0.05) is 35.6 Å². The third-order valence-electron chi connectivity index (χ3n) is 5.52. The van der Waals surface area contributed by atoms with Gasteiger partial charge in [0.05, 0.1) is 0 Å². The van der Waals surface area contributed by atoms with Gasteiger partial charge in [0.25, 0.3) is 0 Å². The number of aromatic nitrogens is 2. The van der Waals surface area contributed by atoms with Gasteiger partial charge in [-0.1, -0.05) is 97.2 Å². The molecule has 4 aromatic rings. The monoisotopic (exact) mass is 400 g/mol. The molecule has 2 aromatic carbocycles. The highest BCUT2D eigenvalue weighted by atomic mass is 16.5. The molecule has 1 atom stereocenters. The van der Waals surface area contributed by atoms with Crippen LogP contribution in [0.5, 0.6) is 0 Å². The molecular formula is C26H28N2O2. The molecule has 2 aromatic heterocycles. The van der Waals surface area contributed by atoms with Crippen molar-refractivity contribution in [3.63, 3.8) is 0 Å². The first-order chi connectivity index (χ1) is 14.8. The summed E-state index contributed by atoms with van der Waals surface area (Å²) in [6.45, 7) is 2.23. The van der Waals surface area contributed by atoms with Crippen molar-refractivity contribution in [2.75, 3.05) is 0 Å². The summed E-state index contributed by atoms with van der Waals surface area (Å²) < 4.78 is 11.4. The minimum Gasteiger partial charge on any atom is -0.361 e. The Hall–Kier alpha value is -3.14. The molecule has 4 rings (SSSR count). The van der Waals surface area contributed by atoms with Crippen molar-refractivity contribution in [1.29, 1.82) is 0 Å². The highest BCUT2D eigenvalue weighted by Crippen LogP contribution is 2.31. The van der Waals surface area contributed by atoms with Gasteiger partial charge in [-0.05, 0) is 12.8 Å². The van der Waals surface area contributed by atoms with E-state index in [4.69, 9.17) is 9.05 Å². The summed E-state index contributed by atoms with van der Waals surface area (Å²) in [5, 5.41) is 8.57. The SMILES string of the molecule is CCCCCC(CCc1cc(-c2ccccc2)no1)c1cc(-c2ccccc2)no1. The number of nitrogens with zero attached hydrogens (tertiary/aromatic N) is 2. The van der Waals surface area contributed by atoms with Crippen molar-refractivity contribution in [1.82, 2.24) is 10.3 Å². The van der Waals surface area contributed by atoms with E-state index in [1.54, 1.807) is 0 Å². The first-order valence-corrected chi connectivity index (χ1v) is 10.9. The molecule has 0 radical (unpaired) electrons. The fraction of sp³-hybridized carbons (Fsp3) is 0.308. The molecule has 0 fully saturated rings. The van der Waals surface area contributed by atoms with Crippen molar-refractivity contribution in [3.05, 3.63) is 84.3 Å². The number of hydrogen-bond donors (Lipinski definition) is 0. The summed E-state index contributed by atoms with van der Waals surface area (Å²) in [7, 11) is 0. The zero-order chi connectivity index (χ0) is 20.6. The van der Waals surface area contributed by atoms with Gasteiger partial charge in [-0.15, -0.1) is 0 Å². The quantitative estimate of drug-likeness (QED) is 0.262. The normalized spacial score (nSPS) is 12.2. The number of aryl methyl sites for hydroxylation is 1. The van der Waals surface area contributed by atoms with Gasteiger partial charge in [-0.3, -0.25) is 0 Å². The largest absolute Gasteiger partial charge is 0.361 e. The highest BCUT2D eigenvalue weighted by molar-refractivity contribution is 5.59. The fourth-order valence-corrected chi connectivity index (χ4v) is 3.79. The molecule has 0 amide bonds. The molecule has 4 heteroatoms. The second-order valence-corrected chi connectivity index (χ2v) is 7.76. The molecule has 4 nitrogen and oxygen atoms in total. The van der Waals surface area contributed by atoms with Gasteiger partial charge in [0.2, 0.25) is 0 Å². The Balaban J connectivity index is 1.45. The molecule has 0 aliphatic carbocycles. The first kappa shape index (κ1) is 20.1. The topological polar surface area (TPSA) is 52.1 Å². The van der Waals surface area contributed by atoms with Gasteiger partial charge < -0.3 is 9.05 Å². The van der Waals surface area contributed by atoms with Crippen LogP contribution >= 0.6 is 0 Å². The lowest BCUT2D eigenvalue weighted by molar-refractivity contribution is 0.332. The van der Waals surface area contributed by atoms with Crippen molar-refractivity contribution >= 4 is 0 Å². The van der Waals surface area contributed by atoms with E-state index >= 15 is 0 Å². The predicted molar refractivity (Wildman–Crippen MR) is 119 cm³/mol. The zero-order valence-corrected chi connectivity index (χ0v) is 17.5. The fourth-order valence-electron chi connectivity index (χ4n) is 3.79. The second kappa shape index (κ2) is 10.1. The van der Waals surface area contributed by atoms with E-state index in [0.29, 0.717) is 5.92 Å². The molecule has 30 heavy (non-hydrogen) atoms. The van der Waals surface area contributed by atoms with Crippen LogP contribution in [0, 0.1) is 0 Å². The Morgan fingerprint density at radius 3 is 2.03 bits per heavy atom. The van der Waals surface area contributed by atoms with E-state index in [1.165, 1.54) is 19.3 Å². The third kappa shape index (κ3) is 5.07. The van der Waals surface area contributed by atoms with Gasteiger partial charge in [0.15, 0.2) is 0 Å². The molecule has 0 aliphatic rings. The van der Waals surface area contributed by atoms with Crippen LogP contribution in [0.15, 0.2) is 81.8 Å². The summed E-state index contributed by atoms with van der Waals surface area (Å²) >= 11 is 0. The van der Waals surface area contributed by atoms with E-state index in [9.17, 15) is 0 Å². The van der Waals surface area contributed by atoms with Gasteiger partial charge in [-0.25, -0.2) is 0 Å². The molecule has 154 valence electrons. The Kier molecular flexibility index (Phi) is 6.75. The van der Waals surface area contributed by atoms with Crippen LogP contribution in [-0.4, -0.2) is 10.3 Å². The lowest BCUT2D eigenvalue weighted by Crippen LogP contribution is -2.00. The summed E-state index contributed by atoms with van der Waals surface area (Å²) in [6.07, 6.45) is 6.51. The summed E-state index contributed by atoms with van der Waals surface area (Å²) in [6, 6.07) is 24.5. The van der Waals surface area contributed by atoms with Crippen LogP contribution in [0.3, 0.4) is 0 Å². The number of hydrogen-bond acceptors (Lipinski definition) is 4. The molecule has 0 saturated carbocycles. The molecule has 2 heterocycles. The van der Waals surface area contributed by atoms with Crippen LogP contribution in [0.2, 0.25) is 0 Å². The Labute approximate surface area is 177 Å². The van der Waals surface area contributed by atoms with Crippen LogP contribution in [0.1, 0.15) is 56.5 Å². The van der Waals surface area contributed by atoms with E-state index < -0.39 is 0 Å². The lowest BCUT2D eigenvalue weighted by Gasteiger charge is -2.12. The smallest absolute Gasteiger partial charge is 0.140 e. The standard InChI is InChI=1S/C26H28N2O2/c1-2-3-6-15-22(26-19-25(28-30-26)21-13-9-5-10-14-21)16-17-23-18-24(27-29-23)20-11-7-4-8-12-20/h4-5,7-14,18-19,22H,2-3,6,15-17H2,1H3. The van der Waals surface area contributed by atoms with Gasteiger partial charge >= 0.3 is 0 Å². The molecule has 0 spiro atoms. The highest BCUT2D eigenvalue weighted by Gasteiger charge is 2.19. The van der Waals surface area contributed by atoms with E-state index in [2.05, 4.69) is 47.6 Å². The number of rotatable bonds is 10.